The molecule has 1 aliphatic rings. The number of nitrogens with zero attached hydrogens (tertiary/aromatic N) is 2. The molecule has 0 saturated carbocycles. The van der Waals surface area contributed by atoms with Gasteiger partial charge in [0.15, 0.2) is 0 Å². The molecule has 0 atom stereocenters. The molecule has 80 valence electrons. The summed E-state index contributed by atoms with van der Waals surface area (Å²) in [6.45, 7) is 1.06. The summed E-state index contributed by atoms with van der Waals surface area (Å²) >= 11 is 1.54. The number of likely N-dealkylation sites (tertiary alicyclic amines) is 1. The molecular weight excluding hydrogens is 206 g/mol. The fourth-order valence-corrected chi connectivity index (χ4v) is 2.34. The summed E-state index contributed by atoms with van der Waals surface area (Å²) in [4.78, 5) is 1.73. The molecule has 0 amide bonds. The number of alkyl halides is 2. The Kier molecular flexibility index (Phi) is 4.14. The van der Waals surface area contributed by atoms with E-state index < -0.39 is 6.43 Å². The Bertz CT molecular complexity index is 219. The molecule has 0 N–H and O–H groups in total. The van der Waals surface area contributed by atoms with Crippen molar-refractivity contribution in [1.82, 2.24) is 4.90 Å². The van der Waals surface area contributed by atoms with Crippen LogP contribution in [0.3, 0.4) is 0 Å². The van der Waals surface area contributed by atoms with Gasteiger partial charge in [-0.25, -0.2) is 8.78 Å². The fraction of sp³-hybridized carbons (Fsp3) is 0.889. The summed E-state index contributed by atoms with van der Waals surface area (Å²) < 4.78 is 23.8. The lowest BCUT2D eigenvalue weighted by Crippen LogP contribution is -2.43. The van der Waals surface area contributed by atoms with Crippen molar-refractivity contribution in [3.8, 4) is 6.07 Å². The van der Waals surface area contributed by atoms with Crippen LogP contribution in [0.5, 0.6) is 0 Å². The van der Waals surface area contributed by atoms with Crippen molar-refractivity contribution in [2.24, 2.45) is 0 Å². The molecule has 14 heavy (non-hydrogen) atoms. The van der Waals surface area contributed by atoms with E-state index >= 15 is 0 Å². The maximum absolute atomic E-state index is 12.1. The van der Waals surface area contributed by atoms with Crippen LogP contribution in [0.15, 0.2) is 0 Å². The van der Waals surface area contributed by atoms with Gasteiger partial charge in [0.1, 0.15) is 4.75 Å². The summed E-state index contributed by atoms with van der Waals surface area (Å²) in [5.74, 6) is 0. The van der Waals surface area contributed by atoms with Gasteiger partial charge < -0.3 is 0 Å². The first-order chi connectivity index (χ1) is 6.62. The van der Waals surface area contributed by atoms with E-state index in [2.05, 4.69) is 6.07 Å². The first-order valence-corrected chi connectivity index (χ1v) is 5.81. The predicted octanol–water partition coefficient (Wildman–Crippen LogP) is 1.97. The topological polar surface area (TPSA) is 27.0 Å². The molecular formula is C9H14F2N2S. The van der Waals surface area contributed by atoms with Gasteiger partial charge in [0.2, 0.25) is 0 Å². The van der Waals surface area contributed by atoms with Crippen LogP contribution >= 0.6 is 11.8 Å². The number of halogens is 2. The van der Waals surface area contributed by atoms with Crippen LogP contribution in [0.25, 0.3) is 0 Å². The molecule has 1 heterocycles. The highest BCUT2D eigenvalue weighted by atomic mass is 32.2. The summed E-state index contributed by atoms with van der Waals surface area (Å²) in [5.41, 5.74) is 0. The fourth-order valence-electron chi connectivity index (χ4n) is 1.65. The zero-order valence-electron chi connectivity index (χ0n) is 8.17. The van der Waals surface area contributed by atoms with Gasteiger partial charge in [0, 0.05) is 13.1 Å². The molecule has 2 nitrogen and oxygen atoms in total. The van der Waals surface area contributed by atoms with Gasteiger partial charge in [-0.3, -0.25) is 4.90 Å². The Morgan fingerprint density at radius 3 is 2.43 bits per heavy atom. The summed E-state index contributed by atoms with van der Waals surface area (Å²) in [7, 11) is 0. The van der Waals surface area contributed by atoms with Crippen LogP contribution in [-0.2, 0) is 0 Å². The van der Waals surface area contributed by atoms with Gasteiger partial charge in [0.05, 0.1) is 12.6 Å². The summed E-state index contributed by atoms with van der Waals surface area (Å²) in [6, 6.07) is 2.29. The molecule has 0 radical (unpaired) electrons. The number of hydrogen-bond donors (Lipinski definition) is 0. The van der Waals surface area contributed by atoms with E-state index in [4.69, 9.17) is 5.26 Å². The van der Waals surface area contributed by atoms with Crippen molar-refractivity contribution in [2.75, 3.05) is 25.9 Å². The zero-order valence-corrected chi connectivity index (χ0v) is 8.99. The minimum atomic E-state index is -2.26. The van der Waals surface area contributed by atoms with Gasteiger partial charge in [-0.05, 0) is 19.1 Å². The summed E-state index contributed by atoms with van der Waals surface area (Å²) in [5, 5.41) is 8.97. The maximum Gasteiger partial charge on any atom is 0.251 e. The summed E-state index contributed by atoms with van der Waals surface area (Å²) in [6.07, 6.45) is 1.03. The number of thioether (sulfide) groups is 1. The quantitative estimate of drug-likeness (QED) is 0.727. The molecule has 0 aromatic rings. The molecule has 0 unspecified atom stereocenters. The van der Waals surface area contributed by atoms with E-state index in [-0.39, 0.29) is 11.3 Å². The second kappa shape index (κ2) is 4.94. The minimum absolute atomic E-state index is 0.157. The van der Waals surface area contributed by atoms with Crippen molar-refractivity contribution in [1.29, 1.82) is 5.26 Å². The van der Waals surface area contributed by atoms with E-state index in [1.165, 1.54) is 11.8 Å². The van der Waals surface area contributed by atoms with Crippen LogP contribution in [0.1, 0.15) is 12.8 Å². The zero-order chi connectivity index (χ0) is 10.6. The van der Waals surface area contributed by atoms with Crippen LogP contribution in [0.2, 0.25) is 0 Å². The molecule has 0 aliphatic carbocycles. The molecule has 5 heteroatoms. The van der Waals surface area contributed by atoms with Gasteiger partial charge in [-0.1, -0.05) is 0 Å². The highest BCUT2D eigenvalue weighted by Crippen LogP contribution is 2.33. The van der Waals surface area contributed by atoms with Gasteiger partial charge in [-0.2, -0.15) is 5.26 Å². The second-order valence-electron chi connectivity index (χ2n) is 3.50. The monoisotopic (exact) mass is 220 g/mol. The minimum Gasteiger partial charge on any atom is -0.298 e. The van der Waals surface area contributed by atoms with Crippen molar-refractivity contribution in [2.45, 2.75) is 24.0 Å². The van der Waals surface area contributed by atoms with Crippen LogP contribution in [0, 0.1) is 11.3 Å². The second-order valence-corrected chi connectivity index (χ2v) is 4.69. The largest absolute Gasteiger partial charge is 0.298 e. The van der Waals surface area contributed by atoms with Crippen LogP contribution in [-0.4, -0.2) is 42.0 Å². The lowest BCUT2D eigenvalue weighted by atomic mass is 9.97. The van der Waals surface area contributed by atoms with E-state index in [0.717, 1.165) is 0 Å². The average Bonchev–Trinajstić information content (AvgIpc) is 2.19. The van der Waals surface area contributed by atoms with Crippen LogP contribution in [0.4, 0.5) is 8.78 Å². The van der Waals surface area contributed by atoms with E-state index in [9.17, 15) is 8.78 Å². The Morgan fingerprint density at radius 1 is 1.50 bits per heavy atom. The van der Waals surface area contributed by atoms with Gasteiger partial charge >= 0.3 is 0 Å². The molecule has 0 spiro atoms. The third kappa shape index (κ3) is 2.82. The Hall–Kier alpha value is -0.340. The lowest BCUT2D eigenvalue weighted by Gasteiger charge is -2.35. The molecule has 0 aromatic heterocycles. The average molecular weight is 220 g/mol. The van der Waals surface area contributed by atoms with Gasteiger partial charge in [0.25, 0.3) is 6.43 Å². The first-order valence-electron chi connectivity index (χ1n) is 4.59. The Morgan fingerprint density at radius 2 is 2.07 bits per heavy atom. The van der Waals surface area contributed by atoms with Gasteiger partial charge in [-0.15, -0.1) is 11.8 Å². The van der Waals surface area contributed by atoms with Crippen molar-refractivity contribution < 1.29 is 8.78 Å². The number of nitriles is 1. The first kappa shape index (κ1) is 11.7. The van der Waals surface area contributed by atoms with E-state index in [0.29, 0.717) is 25.9 Å². The highest BCUT2D eigenvalue weighted by molar-refractivity contribution is 8.00. The van der Waals surface area contributed by atoms with E-state index in [1.807, 2.05) is 6.26 Å². The molecule has 0 aromatic carbocycles. The third-order valence-corrected chi connectivity index (χ3v) is 3.94. The van der Waals surface area contributed by atoms with Crippen molar-refractivity contribution >= 4 is 11.8 Å². The maximum atomic E-state index is 12.1. The van der Waals surface area contributed by atoms with Crippen molar-refractivity contribution in [3.05, 3.63) is 0 Å². The molecule has 1 fully saturated rings. The molecule has 1 aliphatic heterocycles. The third-order valence-electron chi connectivity index (χ3n) is 2.65. The SMILES string of the molecule is CSC1(C#N)CCN(CC(F)F)CC1. The molecule has 0 bridgehead atoms. The highest BCUT2D eigenvalue weighted by Gasteiger charge is 2.34. The van der Waals surface area contributed by atoms with Crippen LogP contribution < -0.4 is 0 Å². The lowest BCUT2D eigenvalue weighted by molar-refractivity contribution is 0.0764. The standard InChI is InChI=1S/C9H14F2N2S/c1-14-9(7-12)2-4-13(5-3-9)6-8(10)11/h8H,2-6H2,1H3. The molecule has 1 rings (SSSR count). The number of hydrogen-bond acceptors (Lipinski definition) is 3. The normalized spacial score (nSPS) is 22.2. The number of piperidine rings is 1. The number of rotatable bonds is 3. The Labute approximate surface area is 87.3 Å². The smallest absolute Gasteiger partial charge is 0.251 e. The van der Waals surface area contributed by atoms with Crippen molar-refractivity contribution in [3.63, 3.8) is 0 Å². The van der Waals surface area contributed by atoms with E-state index in [1.54, 1.807) is 4.90 Å². The Balaban J connectivity index is 2.42. The predicted molar refractivity (Wildman–Crippen MR) is 53.5 cm³/mol. The molecule has 1 saturated heterocycles.